The summed E-state index contributed by atoms with van der Waals surface area (Å²) in [6.07, 6.45) is 3.83. The summed E-state index contributed by atoms with van der Waals surface area (Å²) >= 11 is 0. The molecule has 3 heterocycles. The smallest absolute Gasteiger partial charge is 0.159 e. The van der Waals surface area contributed by atoms with E-state index in [0.717, 1.165) is 23.4 Å². The Kier molecular flexibility index (Phi) is 3.95. The molecule has 0 spiro atoms. The summed E-state index contributed by atoms with van der Waals surface area (Å²) in [6.45, 7) is 0.699. The van der Waals surface area contributed by atoms with Crippen molar-refractivity contribution in [3.8, 4) is 0 Å². The molecule has 0 radical (unpaired) electrons. The van der Waals surface area contributed by atoms with Gasteiger partial charge in [0, 0.05) is 25.3 Å². The molecule has 6 nitrogen and oxygen atoms in total. The Bertz CT molecular complexity index is 739. The lowest BCUT2D eigenvalue weighted by molar-refractivity contribution is 0.279. The second kappa shape index (κ2) is 5.73. The van der Waals surface area contributed by atoms with Crippen LogP contribution in [0.4, 0.5) is 0 Å². The number of hydrogen-bond acceptors (Lipinski definition) is 5. The summed E-state index contributed by atoms with van der Waals surface area (Å²) in [5.74, 6) is 1.16. The Hall–Kier alpha value is -1.47. The van der Waals surface area contributed by atoms with Crippen molar-refractivity contribution in [2.24, 2.45) is 0 Å². The molecule has 0 aromatic carbocycles. The van der Waals surface area contributed by atoms with Gasteiger partial charge in [-0.1, -0.05) is 0 Å². The van der Waals surface area contributed by atoms with E-state index >= 15 is 0 Å². The zero-order valence-electron chi connectivity index (χ0n) is 11.8. The lowest BCUT2D eigenvalue weighted by Gasteiger charge is -2.22. The van der Waals surface area contributed by atoms with Crippen molar-refractivity contribution < 1.29 is 13.5 Å². The van der Waals surface area contributed by atoms with Crippen LogP contribution in [-0.4, -0.2) is 46.2 Å². The second-order valence-corrected chi connectivity index (χ2v) is 7.73. The van der Waals surface area contributed by atoms with Gasteiger partial charge in [0.2, 0.25) is 0 Å². The van der Waals surface area contributed by atoms with Gasteiger partial charge in [0.1, 0.15) is 11.3 Å². The highest BCUT2D eigenvalue weighted by atomic mass is 32.2. The van der Waals surface area contributed by atoms with Crippen molar-refractivity contribution in [1.82, 2.24) is 14.5 Å². The standard InChI is InChI=1S/C14H19N3O3S/c18-8-3-7-17-13(11-4-2-9-21(19,20)10-11)16-12-5-1-6-15-14(12)17/h1,5-6,11,18H,2-4,7-10H2. The van der Waals surface area contributed by atoms with Gasteiger partial charge in [0.25, 0.3) is 0 Å². The number of nitrogens with zero attached hydrogens (tertiary/aromatic N) is 3. The molecule has 0 amide bonds. The number of hydrogen-bond donors (Lipinski definition) is 1. The van der Waals surface area contributed by atoms with Gasteiger partial charge in [0.15, 0.2) is 15.5 Å². The van der Waals surface area contributed by atoms with E-state index < -0.39 is 9.84 Å². The van der Waals surface area contributed by atoms with Gasteiger partial charge in [-0.25, -0.2) is 18.4 Å². The molecule has 1 N–H and O–H groups in total. The number of fused-ring (bicyclic) bond motifs is 1. The number of pyridine rings is 1. The SMILES string of the molecule is O=S1(=O)CCCC(c2nc3cccnc3n2CCCO)C1. The van der Waals surface area contributed by atoms with E-state index in [2.05, 4.69) is 9.97 Å². The van der Waals surface area contributed by atoms with Crippen LogP contribution in [0.2, 0.25) is 0 Å². The normalized spacial score (nSPS) is 21.7. The average molecular weight is 309 g/mol. The molecule has 114 valence electrons. The van der Waals surface area contributed by atoms with E-state index in [0.29, 0.717) is 19.4 Å². The first kappa shape index (κ1) is 14.5. The average Bonchev–Trinajstić information content (AvgIpc) is 2.83. The molecule has 1 fully saturated rings. The Labute approximate surface area is 123 Å². The molecule has 0 bridgehead atoms. The molecule has 2 aromatic heterocycles. The Morgan fingerprint density at radius 3 is 3.05 bits per heavy atom. The Morgan fingerprint density at radius 2 is 2.29 bits per heavy atom. The highest BCUT2D eigenvalue weighted by Crippen LogP contribution is 2.29. The van der Waals surface area contributed by atoms with Gasteiger partial charge in [-0.2, -0.15) is 0 Å². The second-order valence-electron chi connectivity index (χ2n) is 5.50. The number of aliphatic hydroxyl groups is 1. The van der Waals surface area contributed by atoms with Crippen molar-refractivity contribution in [3.63, 3.8) is 0 Å². The van der Waals surface area contributed by atoms with Gasteiger partial charge < -0.3 is 9.67 Å². The maximum absolute atomic E-state index is 11.9. The zero-order valence-corrected chi connectivity index (χ0v) is 12.6. The van der Waals surface area contributed by atoms with Crippen LogP contribution in [0.15, 0.2) is 18.3 Å². The molecule has 7 heteroatoms. The highest BCUT2D eigenvalue weighted by Gasteiger charge is 2.29. The molecule has 1 aliphatic heterocycles. The van der Waals surface area contributed by atoms with Crippen molar-refractivity contribution >= 4 is 21.0 Å². The minimum atomic E-state index is -2.98. The fourth-order valence-corrected chi connectivity index (χ4v) is 4.67. The molecule has 3 rings (SSSR count). The quantitative estimate of drug-likeness (QED) is 0.914. The van der Waals surface area contributed by atoms with E-state index in [1.165, 1.54) is 0 Å². The molecule has 2 aromatic rings. The largest absolute Gasteiger partial charge is 0.396 e. The number of imidazole rings is 1. The van der Waals surface area contributed by atoms with Gasteiger partial charge in [-0.05, 0) is 31.4 Å². The Balaban J connectivity index is 2.04. The molecule has 1 atom stereocenters. The third-order valence-electron chi connectivity index (χ3n) is 3.90. The van der Waals surface area contributed by atoms with Crippen LogP contribution < -0.4 is 0 Å². The van der Waals surface area contributed by atoms with Crippen LogP contribution in [0.25, 0.3) is 11.2 Å². The molecular weight excluding hydrogens is 290 g/mol. The van der Waals surface area contributed by atoms with Crippen LogP contribution in [-0.2, 0) is 16.4 Å². The monoisotopic (exact) mass is 309 g/mol. The fourth-order valence-electron chi connectivity index (χ4n) is 2.96. The van der Waals surface area contributed by atoms with Crippen molar-refractivity contribution in [1.29, 1.82) is 0 Å². The predicted molar refractivity (Wildman–Crippen MR) is 79.9 cm³/mol. The van der Waals surface area contributed by atoms with Gasteiger partial charge in [0.05, 0.1) is 11.5 Å². The highest BCUT2D eigenvalue weighted by molar-refractivity contribution is 7.91. The minimum Gasteiger partial charge on any atom is -0.396 e. The van der Waals surface area contributed by atoms with Crippen LogP contribution in [0.5, 0.6) is 0 Å². The number of aryl methyl sites for hydroxylation is 1. The van der Waals surface area contributed by atoms with Crippen LogP contribution in [0.1, 0.15) is 31.0 Å². The zero-order chi connectivity index (χ0) is 14.9. The fraction of sp³-hybridized carbons (Fsp3) is 0.571. The van der Waals surface area contributed by atoms with Gasteiger partial charge in [-0.15, -0.1) is 0 Å². The molecule has 1 saturated heterocycles. The molecular formula is C14H19N3O3S. The number of rotatable bonds is 4. The summed E-state index contributed by atoms with van der Waals surface area (Å²) in [6, 6.07) is 3.71. The van der Waals surface area contributed by atoms with Crippen molar-refractivity contribution in [2.75, 3.05) is 18.1 Å². The summed E-state index contributed by atoms with van der Waals surface area (Å²) in [5.41, 5.74) is 1.55. The lowest BCUT2D eigenvalue weighted by atomic mass is 10.0. The topological polar surface area (TPSA) is 85.1 Å². The molecule has 21 heavy (non-hydrogen) atoms. The summed E-state index contributed by atoms with van der Waals surface area (Å²) in [4.78, 5) is 8.96. The molecule has 1 unspecified atom stereocenters. The van der Waals surface area contributed by atoms with Crippen molar-refractivity contribution in [2.45, 2.75) is 31.7 Å². The Morgan fingerprint density at radius 1 is 1.43 bits per heavy atom. The molecule has 0 aliphatic carbocycles. The van der Waals surface area contributed by atoms with E-state index in [9.17, 15) is 8.42 Å². The maximum Gasteiger partial charge on any atom is 0.159 e. The summed E-state index contributed by atoms with van der Waals surface area (Å²) in [7, 11) is -2.98. The lowest BCUT2D eigenvalue weighted by Crippen LogP contribution is -2.26. The predicted octanol–water partition coefficient (Wildman–Crippen LogP) is 1.11. The third kappa shape index (κ3) is 2.94. The van der Waals surface area contributed by atoms with E-state index in [-0.39, 0.29) is 24.0 Å². The molecule has 1 aliphatic rings. The number of aliphatic hydroxyl groups excluding tert-OH is 1. The van der Waals surface area contributed by atoms with E-state index in [4.69, 9.17) is 5.11 Å². The number of sulfone groups is 1. The first-order valence-electron chi connectivity index (χ1n) is 7.23. The first-order chi connectivity index (χ1) is 10.1. The van der Waals surface area contributed by atoms with E-state index in [1.807, 2.05) is 16.7 Å². The van der Waals surface area contributed by atoms with Gasteiger partial charge in [-0.3, -0.25) is 0 Å². The summed E-state index contributed by atoms with van der Waals surface area (Å²) in [5, 5.41) is 9.07. The minimum absolute atomic E-state index is 0.0726. The van der Waals surface area contributed by atoms with Crippen LogP contribution >= 0.6 is 0 Å². The van der Waals surface area contributed by atoms with Crippen molar-refractivity contribution in [3.05, 3.63) is 24.2 Å². The van der Waals surface area contributed by atoms with Gasteiger partial charge >= 0.3 is 0 Å². The number of aromatic nitrogens is 3. The maximum atomic E-state index is 11.9. The van der Waals surface area contributed by atoms with Crippen LogP contribution in [0.3, 0.4) is 0 Å². The molecule has 0 saturated carbocycles. The summed E-state index contributed by atoms with van der Waals surface area (Å²) < 4.78 is 25.7. The van der Waals surface area contributed by atoms with Crippen LogP contribution in [0, 0.1) is 0 Å². The van der Waals surface area contributed by atoms with E-state index in [1.54, 1.807) is 6.20 Å². The first-order valence-corrected chi connectivity index (χ1v) is 9.05. The third-order valence-corrected chi connectivity index (χ3v) is 5.72.